The van der Waals surface area contributed by atoms with Crippen LogP contribution in [0.2, 0.25) is 0 Å². The second-order valence-corrected chi connectivity index (χ2v) is 8.46. The van der Waals surface area contributed by atoms with Crippen molar-refractivity contribution in [1.82, 2.24) is 5.32 Å². The Bertz CT molecular complexity index is 889. The van der Waals surface area contributed by atoms with Crippen molar-refractivity contribution < 1.29 is 29.4 Å². The van der Waals surface area contributed by atoms with Crippen molar-refractivity contribution >= 4 is 45.6 Å². The highest BCUT2D eigenvalue weighted by Gasteiger charge is 2.31. The number of aliphatic hydroxyl groups excluding tert-OH is 1. The average molecular weight is 448 g/mol. The zero-order valence-corrected chi connectivity index (χ0v) is 17.7. The van der Waals surface area contributed by atoms with Crippen LogP contribution in [-0.2, 0) is 9.59 Å². The van der Waals surface area contributed by atoms with Crippen LogP contribution in [0.5, 0.6) is 0 Å². The lowest BCUT2D eigenvalue weighted by Gasteiger charge is -2.21. The van der Waals surface area contributed by atoms with E-state index in [4.69, 9.17) is 0 Å². The Hall–Kier alpha value is -2.62. The van der Waals surface area contributed by atoms with Gasteiger partial charge in [-0.1, -0.05) is 84.2 Å². The molecule has 30 heavy (non-hydrogen) atoms. The predicted octanol–water partition coefficient (Wildman–Crippen LogP) is 2.45. The maximum absolute atomic E-state index is 12.7. The van der Waals surface area contributed by atoms with Crippen LogP contribution in [0.25, 0.3) is 0 Å². The number of carboxylic acids is 1. The molecular weight excluding hydrogens is 426 g/mol. The third-order valence-electron chi connectivity index (χ3n) is 3.97. The third-order valence-corrected chi connectivity index (χ3v) is 6.30. The van der Waals surface area contributed by atoms with Gasteiger partial charge in [-0.25, -0.2) is 4.79 Å². The summed E-state index contributed by atoms with van der Waals surface area (Å²) in [6, 6.07) is 15.3. The number of benzene rings is 2. The number of nitrogens with one attached hydrogen (secondary N) is 1. The number of amides is 1. The molecule has 3 atom stereocenters. The summed E-state index contributed by atoms with van der Waals surface area (Å²) in [5.41, 5.74) is 0.832. The zero-order chi connectivity index (χ0) is 22.1. The number of rotatable bonds is 9. The fourth-order valence-corrected chi connectivity index (χ4v) is 4.32. The number of hydrogen-bond acceptors (Lipinski definition) is 7. The first kappa shape index (κ1) is 23.7. The molecule has 0 aliphatic rings. The molecule has 0 spiro atoms. The lowest BCUT2D eigenvalue weighted by Crippen LogP contribution is -2.50. The molecule has 2 aromatic carbocycles. The van der Waals surface area contributed by atoms with Crippen molar-refractivity contribution in [3.05, 3.63) is 71.8 Å². The van der Waals surface area contributed by atoms with Gasteiger partial charge in [0.25, 0.3) is 0 Å². The van der Waals surface area contributed by atoms with Crippen LogP contribution in [0.1, 0.15) is 27.6 Å². The molecule has 3 N–H and O–H groups in total. The second kappa shape index (κ2) is 11.5. The van der Waals surface area contributed by atoms with Gasteiger partial charge >= 0.3 is 5.97 Å². The topological polar surface area (TPSA) is 121 Å². The summed E-state index contributed by atoms with van der Waals surface area (Å²) in [5, 5.41) is 19.4. The number of aliphatic carboxylic acids is 1. The Labute approximate surface area is 182 Å². The van der Waals surface area contributed by atoms with Crippen LogP contribution in [0, 0.1) is 0 Å². The summed E-state index contributed by atoms with van der Waals surface area (Å²) in [6.45, 7) is 1.24. The van der Waals surface area contributed by atoms with Crippen molar-refractivity contribution in [2.75, 3.05) is 5.75 Å². The SMILES string of the molecule is C[C@@H](O)[C@H](NC(=O)C(CSC(=O)c1ccccc1)SC(=O)c1ccccc1)C(=O)O. The Morgan fingerprint density at radius 1 is 0.900 bits per heavy atom. The molecule has 2 aromatic rings. The monoisotopic (exact) mass is 447 g/mol. The molecule has 7 nitrogen and oxygen atoms in total. The first-order valence-corrected chi connectivity index (χ1v) is 10.9. The summed E-state index contributed by atoms with van der Waals surface area (Å²) >= 11 is 1.57. The Morgan fingerprint density at radius 3 is 1.87 bits per heavy atom. The molecule has 1 amide bonds. The van der Waals surface area contributed by atoms with Gasteiger partial charge in [-0.15, -0.1) is 0 Å². The number of thioether (sulfide) groups is 2. The van der Waals surface area contributed by atoms with E-state index >= 15 is 0 Å². The van der Waals surface area contributed by atoms with E-state index in [0.29, 0.717) is 22.9 Å². The van der Waals surface area contributed by atoms with E-state index in [1.54, 1.807) is 60.7 Å². The Morgan fingerprint density at radius 2 is 1.40 bits per heavy atom. The van der Waals surface area contributed by atoms with Gasteiger partial charge in [0.15, 0.2) is 6.04 Å². The molecule has 0 fully saturated rings. The minimum atomic E-state index is -1.53. The van der Waals surface area contributed by atoms with E-state index < -0.39 is 29.3 Å². The maximum atomic E-state index is 12.7. The maximum Gasteiger partial charge on any atom is 0.328 e. The molecule has 0 saturated heterocycles. The molecule has 0 bridgehead atoms. The Kier molecular flexibility index (Phi) is 9.10. The average Bonchev–Trinajstić information content (AvgIpc) is 2.75. The molecular formula is C21H21NO6S2. The highest BCUT2D eigenvalue weighted by atomic mass is 32.2. The normalized spacial score (nSPS) is 13.7. The number of carboxylic acid groups (broad SMARTS) is 1. The van der Waals surface area contributed by atoms with E-state index in [1.807, 2.05) is 0 Å². The van der Waals surface area contributed by atoms with E-state index in [1.165, 1.54) is 6.92 Å². The van der Waals surface area contributed by atoms with Gasteiger partial charge in [-0.2, -0.15) is 0 Å². The number of aliphatic hydroxyl groups is 1. The lowest BCUT2D eigenvalue weighted by molar-refractivity contribution is -0.144. The molecule has 0 saturated carbocycles. The van der Waals surface area contributed by atoms with Crippen LogP contribution < -0.4 is 5.32 Å². The highest BCUT2D eigenvalue weighted by molar-refractivity contribution is 8.18. The number of carbonyl (C=O) groups is 4. The third kappa shape index (κ3) is 7.01. The number of hydrogen-bond donors (Lipinski definition) is 3. The van der Waals surface area contributed by atoms with E-state index in [9.17, 15) is 29.4 Å². The summed E-state index contributed by atoms with van der Waals surface area (Å²) < 4.78 is 0. The molecule has 2 rings (SSSR count). The smallest absolute Gasteiger partial charge is 0.328 e. The van der Waals surface area contributed by atoms with Gasteiger partial charge < -0.3 is 15.5 Å². The Balaban J connectivity index is 2.14. The zero-order valence-electron chi connectivity index (χ0n) is 16.1. The largest absolute Gasteiger partial charge is 0.480 e. The molecule has 1 unspecified atom stereocenters. The second-order valence-electron chi connectivity index (χ2n) is 6.29. The summed E-state index contributed by atoms with van der Waals surface area (Å²) in [7, 11) is 0. The van der Waals surface area contributed by atoms with Crippen molar-refractivity contribution in [2.45, 2.75) is 24.3 Å². The van der Waals surface area contributed by atoms with Crippen LogP contribution in [-0.4, -0.2) is 55.5 Å². The molecule has 0 aliphatic carbocycles. The van der Waals surface area contributed by atoms with Crippen LogP contribution in [0.3, 0.4) is 0 Å². The van der Waals surface area contributed by atoms with Crippen molar-refractivity contribution in [3.8, 4) is 0 Å². The highest BCUT2D eigenvalue weighted by Crippen LogP contribution is 2.24. The summed E-state index contributed by atoms with van der Waals surface area (Å²) in [5.74, 6) is -2.19. The van der Waals surface area contributed by atoms with E-state index in [2.05, 4.69) is 5.32 Å². The molecule has 0 aliphatic heterocycles. The van der Waals surface area contributed by atoms with Gasteiger partial charge in [0.05, 0.1) is 6.10 Å². The standard InChI is InChI=1S/C21H21NO6S2/c1-13(23)17(19(25)26)22-18(24)16(30-21(28)15-10-6-3-7-11-15)12-29-20(27)14-8-4-2-5-9-14/h2-11,13,16-17,23H,12H2,1H3,(H,22,24)(H,25,26)/t13-,16?,17+/m1/s1. The van der Waals surface area contributed by atoms with Crippen LogP contribution >= 0.6 is 23.5 Å². The molecule has 0 radical (unpaired) electrons. The van der Waals surface area contributed by atoms with E-state index in [0.717, 1.165) is 11.8 Å². The molecule has 9 heteroatoms. The fourth-order valence-electron chi connectivity index (χ4n) is 2.38. The first-order chi connectivity index (χ1) is 14.3. The van der Waals surface area contributed by atoms with Crippen LogP contribution in [0.15, 0.2) is 60.7 Å². The molecule has 0 heterocycles. The van der Waals surface area contributed by atoms with Gasteiger partial charge in [0.2, 0.25) is 16.1 Å². The summed E-state index contributed by atoms with van der Waals surface area (Å²) in [6.07, 6.45) is -1.33. The van der Waals surface area contributed by atoms with Gasteiger partial charge in [0, 0.05) is 16.9 Å². The van der Waals surface area contributed by atoms with Crippen molar-refractivity contribution in [1.29, 1.82) is 0 Å². The quantitative estimate of drug-likeness (QED) is 0.536. The van der Waals surface area contributed by atoms with Crippen LogP contribution in [0.4, 0.5) is 0 Å². The number of carbonyl (C=O) groups excluding carboxylic acids is 3. The minimum Gasteiger partial charge on any atom is -0.480 e. The minimum absolute atomic E-state index is 0.0467. The van der Waals surface area contributed by atoms with E-state index in [-0.39, 0.29) is 16.0 Å². The molecule has 158 valence electrons. The van der Waals surface area contributed by atoms with Gasteiger partial charge in [-0.3, -0.25) is 14.4 Å². The van der Waals surface area contributed by atoms with Gasteiger partial charge in [-0.05, 0) is 6.92 Å². The van der Waals surface area contributed by atoms with Crippen molar-refractivity contribution in [2.24, 2.45) is 0 Å². The van der Waals surface area contributed by atoms with Gasteiger partial charge in [0.1, 0.15) is 5.25 Å². The molecule has 0 aromatic heterocycles. The first-order valence-electron chi connectivity index (χ1n) is 8.99. The van der Waals surface area contributed by atoms with Crippen molar-refractivity contribution in [3.63, 3.8) is 0 Å². The summed E-state index contributed by atoms with van der Waals surface area (Å²) in [4.78, 5) is 48.9. The fraction of sp³-hybridized carbons (Fsp3) is 0.238. The predicted molar refractivity (Wildman–Crippen MR) is 117 cm³/mol. The lowest BCUT2D eigenvalue weighted by atomic mass is 10.2.